The predicted molar refractivity (Wildman–Crippen MR) is 91.1 cm³/mol. The van der Waals surface area contributed by atoms with Crippen molar-refractivity contribution in [2.45, 2.75) is 32.4 Å². The van der Waals surface area contributed by atoms with E-state index in [1.807, 2.05) is 20.3 Å². The van der Waals surface area contributed by atoms with E-state index in [0.717, 1.165) is 36.7 Å². The Bertz CT molecular complexity index is 709. The zero-order chi connectivity index (χ0) is 17.8. The molecule has 3 heterocycles. The van der Waals surface area contributed by atoms with E-state index in [1.54, 1.807) is 11.0 Å². The Morgan fingerprint density at radius 2 is 2.32 bits per heavy atom. The summed E-state index contributed by atoms with van der Waals surface area (Å²) in [5.41, 5.74) is 1.38. The minimum absolute atomic E-state index is 0.125. The highest BCUT2D eigenvalue weighted by Gasteiger charge is 2.29. The monoisotopic (exact) mass is 347 g/mol. The number of aromatic amines is 1. The van der Waals surface area contributed by atoms with Crippen molar-refractivity contribution < 1.29 is 14.1 Å². The Hall–Kier alpha value is -2.19. The number of H-pyrrole nitrogens is 1. The molecule has 1 fully saturated rings. The van der Waals surface area contributed by atoms with Crippen LogP contribution >= 0.6 is 0 Å². The maximum Gasteiger partial charge on any atom is 0.276 e. The van der Waals surface area contributed by atoms with Gasteiger partial charge < -0.3 is 24.0 Å². The van der Waals surface area contributed by atoms with Gasteiger partial charge in [0.1, 0.15) is 17.7 Å². The van der Waals surface area contributed by atoms with Gasteiger partial charge in [-0.2, -0.15) is 0 Å². The van der Waals surface area contributed by atoms with Crippen molar-refractivity contribution in [3.63, 3.8) is 0 Å². The molecule has 1 N–H and O–H groups in total. The molecule has 1 atom stereocenters. The number of rotatable bonds is 6. The number of amides is 1. The molecule has 25 heavy (non-hydrogen) atoms. The number of carbonyl (C=O) groups is 1. The van der Waals surface area contributed by atoms with Crippen molar-refractivity contribution >= 4 is 5.91 Å². The largest absolute Gasteiger partial charge is 0.367 e. The van der Waals surface area contributed by atoms with Gasteiger partial charge in [-0.05, 0) is 20.5 Å². The van der Waals surface area contributed by atoms with Crippen molar-refractivity contribution in [1.29, 1.82) is 0 Å². The second-order valence-electron chi connectivity index (χ2n) is 6.57. The Morgan fingerprint density at radius 3 is 3.08 bits per heavy atom. The number of hydrogen-bond acceptors (Lipinski definition) is 6. The van der Waals surface area contributed by atoms with Crippen LogP contribution in [0.3, 0.4) is 0 Å². The first-order chi connectivity index (χ1) is 12.1. The highest BCUT2D eigenvalue weighted by Crippen LogP contribution is 2.21. The van der Waals surface area contributed by atoms with Gasteiger partial charge in [0.25, 0.3) is 5.91 Å². The smallest absolute Gasteiger partial charge is 0.276 e. The summed E-state index contributed by atoms with van der Waals surface area (Å²) in [7, 11) is 4.01. The molecule has 2 aromatic rings. The van der Waals surface area contributed by atoms with Crippen LogP contribution in [0, 0.1) is 0 Å². The van der Waals surface area contributed by atoms with Gasteiger partial charge in [-0.15, -0.1) is 0 Å². The number of morpholine rings is 1. The van der Waals surface area contributed by atoms with Gasteiger partial charge in [0, 0.05) is 37.5 Å². The third kappa shape index (κ3) is 4.26. The molecule has 8 nitrogen and oxygen atoms in total. The summed E-state index contributed by atoms with van der Waals surface area (Å²) in [4.78, 5) is 24.2. The van der Waals surface area contributed by atoms with Gasteiger partial charge in [-0.1, -0.05) is 12.1 Å². The number of nitrogens with zero attached hydrogens (tertiary/aromatic N) is 4. The SMILES string of the molecule is CCCc1cc(C(=O)N2CCO[C@@H](c3ncc(CN(C)C)[nH]3)C2)no1. The minimum Gasteiger partial charge on any atom is -0.367 e. The molecule has 0 unspecified atom stereocenters. The van der Waals surface area contributed by atoms with Gasteiger partial charge in [-0.25, -0.2) is 4.98 Å². The molecule has 8 heteroatoms. The summed E-state index contributed by atoms with van der Waals surface area (Å²) in [5.74, 6) is 1.37. The molecule has 1 aliphatic heterocycles. The van der Waals surface area contributed by atoms with Crippen LogP contribution < -0.4 is 0 Å². The molecule has 1 saturated heterocycles. The molecule has 3 rings (SSSR count). The van der Waals surface area contributed by atoms with Gasteiger partial charge in [0.15, 0.2) is 5.69 Å². The average Bonchev–Trinajstić information content (AvgIpc) is 3.24. The van der Waals surface area contributed by atoms with Crippen LogP contribution in [0.4, 0.5) is 0 Å². The minimum atomic E-state index is -0.254. The fourth-order valence-corrected chi connectivity index (χ4v) is 2.90. The van der Waals surface area contributed by atoms with Crippen LogP contribution in [0.2, 0.25) is 0 Å². The lowest BCUT2D eigenvalue weighted by molar-refractivity contribution is -0.0268. The van der Waals surface area contributed by atoms with Crippen molar-refractivity contribution in [3.05, 3.63) is 35.2 Å². The van der Waals surface area contributed by atoms with E-state index in [-0.39, 0.29) is 12.0 Å². The van der Waals surface area contributed by atoms with Crippen molar-refractivity contribution in [1.82, 2.24) is 24.9 Å². The number of nitrogens with one attached hydrogen (secondary N) is 1. The van der Waals surface area contributed by atoms with E-state index in [1.165, 1.54) is 0 Å². The zero-order valence-electron chi connectivity index (χ0n) is 15.0. The van der Waals surface area contributed by atoms with E-state index in [0.29, 0.717) is 25.4 Å². The zero-order valence-corrected chi connectivity index (χ0v) is 15.0. The van der Waals surface area contributed by atoms with E-state index >= 15 is 0 Å². The molecule has 0 radical (unpaired) electrons. The van der Waals surface area contributed by atoms with Gasteiger partial charge in [-0.3, -0.25) is 4.79 Å². The molecule has 0 spiro atoms. The lowest BCUT2D eigenvalue weighted by atomic mass is 10.2. The van der Waals surface area contributed by atoms with Crippen molar-refractivity contribution in [3.8, 4) is 0 Å². The molecular formula is C17H25N5O3. The van der Waals surface area contributed by atoms with Gasteiger partial charge in [0.2, 0.25) is 0 Å². The van der Waals surface area contributed by atoms with Crippen LogP contribution in [0.1, 0.15) is 47.2 Å². The summed E-state index contributed by atoms with van der Waals surface area (Å²) >= 11 is 0. The van der Waals surface area contributed by atoms with Crippen LogP contribution in [-0.2, 0) is 17.7 Å². The second kappa shape index (κ2) is 7.79. The molecule has 2 aromatic heterocycles. The first-order valence-corrected chi connectivity index (χ1v) is 8.61. The highest BCUT2D eigenvalue weighted by atomic mass is 16.5. The van der Waals surface area contributed by atoms with E-state index in [4.69, 9.17) is 9.26 Å². The van der Waals surface area contributed by atoms with Crippen molar-refractivity contribution in [2.75, 3.05) is 33.8 Å². The molecule has 0 bridgehead atoms. The van der Waals surface area contributed by atoms with Gasteiger partial charge in [0.05, 0.1) is 13.2 Å². The first kappa shape index (κ1) is 17.6. The molecule has 1 amide bonds. The number of carbonyl (C=O) groups excluding carboxylic acids is 1. The van der Waals surface area contributed by atoms with Crippen LogP contribution in [0.15, 0.2) is 16.8 Å². The predicted octanol–water partition coefficient (Wildman–Crippen LogP) is 1.63. The summed E-state index contributed by atoms with van der Waals surface area (Å²) in [6.07, 6.45) is 3.30. The number of hydrogen-bond donors (Lipinski definition) is 1. The van der Waals surface area contributed by atoms with E-state index < -0.39 is 0 Å². The maximum atomic E-state index is 12.7. The highest BCUT2D eigenvalue weighted by molar-refractivity contribution is 5.92. The Kier molecular flexibility index (Phi) is 5.50. The van der Waals surface area contributed by atoms with Crippen molar-refractivity contribution in [2.24, 2.45) is 0 Å². The third-order valence-corrected chi connectivity index (χ3v) is 4.07. The molecule has 0 aromatic carbocycles. The molecule has 136 valence electrons. The first-order valence-electron chi connectivity index (χ1n) is 8.61. The van der Waals surface area contributed by atoms with Crippen LogP contribution in [0.25, 0.3) is 0 Å². The number of ether oxygens (including phenoxy) is 1. The van der Waals surface area contributed by atoms with Crippen LogP contribution in [0.5, 0.6) is 0 Å². The quantitative estimate of drug-likeness (QED) is 0.854. The average molecular weight is 347 g/mol. The molecule has 0 saturated carbocycles. The normalized spacial score (nSPS) is 18.1. The fraction of sp³-hybridized carbons (Fsp3) is 0.588. The topological polar surface area (TPSA) is 87.5 Å². The number of imidazole rings is 1. The Morgan fingerprint density at radius 1 is 1.48 bits per heavy atom. The maximum absolute atomic E-state index is 12.7. The Labute approximate surface area is 147 Å². The van der Waals surface area contributed by atoms with Gasteiger partial charge >= 0.3 is 0 Å². The molecule has 1 aliphatic rings. The number of aromatic nitrogens is 3. The lowest BCUT2D eigenvalue weighted by Crippen LogP contribution is -2.42. The molecule has 0 aliphatic carbocycles. The van der Waals surface area contributed by atoms with E-state index in [2.05, 4.69) is 26.9 Å². The fourth-order valence-electron chi connectivity index (χ4n) is 2.90. The standard InChI is InChI=1S/C17H25N5O3/c1-4-5-13-8-14(20-25-13)17(23)22-6-7-24-15(11-22)16-18-9-12(19-16)10-21(2)3/h8-9,15H,4-7,10-11H2,1-3H3,(H,18,19)/t15-/m1/s1. The third-order valence-electron chi connectivity index (χ3n) is 4.07. The second-order valence-corrected chi connectivity index (χ2v) is 6.57. The number of aryl methyl sites for hydroxylation is 1. The van der Waals surface area contributed by atoms with E-state index in [9.17, 15) is 4.79 Å². The van der Waals surface area contributed by atoms with Crippen LogP contribution in [-0.4, -0.2) is 64.6 Å². The summed E-state index contributed by atoms with van der Waals surface area (Å²) in [6.45, 7) is 4.30. The Balaban J connectivity index is 1.65. The summed E-state index contributed by atoms with van der Waals surface area (Å²) in [5, 5.41) is 3.91. The molecular weight excluding hydrogens is 322 g/mol. The lowest BCUT2D eigenvalue weighted by Gasteiger charge is -2.31. The summed E-state index contributed by atoms with van der Waals surface area (Å²) in [6, 6.07) is 1.73. The summed E-state index contributed by atoms with van der Waals surface area (Å²) < 4.78 is 11.0.